The zero-order valence-corrected chi connectivity index (χ0v) is 15.5. The van der Waals surface area contributed by atoms with Gasteiger partial charge in [-0.25, -0.2) is 9.36 Å². The van der Waals surface area contributed by atoms with E-state index in [4.69, 9.17) is 0 Å². The quantitative estimate of drug-likeness (QED) is 0.725. The third-order valence-electron chi connectivity index (χ3n) is 5.41. The number of imidazole rings is 1. The van der Waals surface area contributed by atoms with Gasteiger partial charge in [0.2, 0.25) is 0 Å². The number of benzene rings is 2. The predicted octanol–water partition coefficient (Wildman–Crippen LogP) is 3.48. The molecule has 1 N–H and O–H groups in total. The second-order valence-electron chi connectivity index (χ2n) is 7.30. The molecule has 138 valence electrons. The summed E-state index contributed by atoms with van der Waals surface area (Å²) in [4.78, 5) is 17.3. The predicted molar refractivity (Wildman–Crippen MR) is 110 cm³/mol. The third kappa shape index (κ3) is 4.32. The van der Waals surface area contributed by atoms with Crippen molar-refractivity contribution in [3.05, 3.63) is 70.6 Å². The molecule has 2 aromatic carbocycles. The van der Waals surface area contributed by atoms with Crippen LogP contribution in [0.25, 0.3) is 11.0 Å². The van der Waals surface area contributed by atoms with Crippen LogP contribution in [-0.2, 0) is 6.42 Å². The van der Waals surface area contributed by atoms with Crippen LogP contribution in [0.15, 0.2) is 59.4 Å². The lowest BCUT2D eigenvalue weighted by atomic mass is 9.90. The zero-order chi connectivity index (χ0) is 18.5. The number of hydrogen-bond acceptors (Lipinski definition) is 2. The first-order valence-corrected chi connectivity index (χ1v) is 9.74. The van der Waals surface area contributed by atoms with Gasteiger partial charge in [0.25, 0.3) is 0 Å². The smallest absolute Gasteiger partial charge is 0.305 e. The molecule has 0 amide bonds. The highest BCUT2D eigenvalue weighted by molar-refractivity contribution is 5.75. The van der Waals surface area contributed by atoms with Crippen LogP contribution in [0.4, 0.5) is 0 Å². The summed E-state index contributed by atoms with van der Waals surface area (Å²) in [6.07, 6.45) is 4.49. The molecule has 4 nitrogen and oxygen atoms in total. The number of piperidine rings is 1. The molecule has 3 aromatic rings. The van der Waals surface area contributed by atoms with E-state index < -0.39 is 0 Å². The summed E-state index contributed by atoms with van der Waals surface area (Å²) in [5.74, 6) is 3.96. The molecule has 0 unspecified atom stereocenters. The molecule has 0 radical (unpaired) electrons. The molecule has 1 saturated heterocycles. The minimum Gasteiger partial charge on any atom is -0.305 e. The number of para-hydroxylation sites is 2. The van der Waals surface area contributed by atoms with Crippen molar-refractivity contribution in [1.29, 1.82) is 0 Å². The number of aromatic nitrogens is 2. The number of rotatable bonds is 4. The summed E-state index contributed by atoms with van der Waals surface area (Å²) in [5.41, 5.74) is 2.96. The Hall–Kier alpha value is -2.77. The molecule has 4 heteroatoms. The van der Waals surface area contributed by atoms with Gasteiger partial charge in [0, 0.05) is 19.0 Å². The molecule has 0 saturated carbocycles. The van der Waals surface area contributed by atoms with Crippen LogP contribution >= 0.6 is 0 Å². The molecule has 0 aliphatic carbocycles. The number of H-pyrrole nitrogens is 1. The van der Waals surface area contributed by atoms with Gasteiger partial charge in [-0.05, 0) is 56.0 Å². The molecule has 1 fully saturated rings. The highest BCUT2D eigenvalue weighted by Crippen LogP contribution is 2.21. The number of nitrogens with one attached hydrogen (secondary N) is 1. The zero-order valence-electron chi connectivity index (χ0n) is 15.5. The molecule has 0 atom stereocenters. The fourth-order valence-electron chi connectivity index (χ4n) is 3.88. The molecule has 1 aliphatic rings. The Morgan fingerprint density at radius 3 is 2.56 bits per heavy atom. The maximum absolute atomic E-state index is 12.0. The average Bonchev–Trinajstić information content (AvgIpc) is 3.02. The normalized spacial score (nSPS) is 15.6. The van der Waals surface area contributed by atoms with Crippen LogP contribution in [0, 0.1) is 17.9 Å². The van der Waals surface area contributed by atoms with E-state index in [1.807, 2.05) is 24.3 Å². The number of fused-ring (bicyclic) bond motifs is 1. The second-order valence-corrected chi connectivity index (χ2v) is 7.30. The lowest BCUT2D eigenvalue weighted by Crippen LogP contribution is -2.34. The summed E-state index contributed by atoms with van der Waals surface area (Å²) in [6, 6.07) is 21.5. The van der Waals surface area contributed by atoms with Gasteiger partial charge in [-0.1, -0.05) is 48.4 Å². The van der Waals surface area contributed by atoms with Crippen LogP contribution < -0.4 is 5.69 Å². The average molecular weight is 359 g/mol. The molecule has 1 aliphatic heterocycles. The summed E-state index contributed by atoms with van der Waals surface area (Å²) >= 11 is 0. The number of nitrogens with zero attached hydrogens (tertiary/aromatic N) is 2. The molecule has 27 heavy (non-hydrogen) atoms. The standard InChI is InChI=1S/C23H25N3O/c27-23-24-21-10-4-5-11-22(21)26(23)15-7-6-14-25-16-12-20(13-17-25)18-19-8-2-1-3-9-19/h1-5,8-11,20H,6,12-14,16-18H2,(H,24,27). The first kappa shape index (κ1) is 17.6. The van der Waals surface area contributed by atoms with E-state index in [2.05, 4.69) is 52.2 Å². The van der Waals surface area contributed by atoms with Gasteiger partial charge >= 0.3 is 5.69 Å². The van der Waals surface area contributed by atoms with Crippen molar-refractivity contribution in [2.45, 2.75) is 25.7 Å². The van der Waals surface area contributed by atoms with E-state index in [1.165, 1.54) is 29.4 Å². The molecule has 0 spiro atoms. The Bertz CT molecular complexity index is 999. The van der Waals surface area contributed by atoms with Crippen molar-refractivity contribution in [3.8, 4) is 12.0 Å². The maximum Gasteiger partial charge on any atom is 0.338 e. The summed E-state index contributed by atoms with van der Waals surface area (Å²) in [5, 5.41) is 0. The Kier molecular flexibility index (Phi) is 5.41. The highest BCUT2D eigenvalue weighted by Gasteiger charge is 2.18. The van der Waals surface area contributed by atoms with Crippen LogP contribution in [0.3, 0.4) is 0 Å². The Morgan fingerprint density at radius 2 is 1.74 bits per heavy atom. The fraction of sp³-hybridized carbons (Fsp3) is 0.348. The highest BCUT2D eigenvalue weighted by atomic mass is 16.1. The van der Waals surface area contributed by atoms with Crippen LogP contribution in [0.5, 0.6) is 0 Å². The largest absolute Gasteiger partial charge is 0.338 e. The molecule has 2 heterocycles. The Morgan fingerprint density at radius 1 is 1.00 bits per heavy atom. The van der Waals surface area contributed by atoms with Gasteiger partial charge in [0.15, 0.2) is 0 Å². The van der Waals surface area contributed by atoms with Gasteiger partial charge < -0.3 is 9.88 Å². The summed E-state index contributed by atoms with van der Waals surface area (Å²) in [6.45, 7) is 3.26. The molecular formula is C23H25N3O. The lowest BCUT2D eigenvalue weighted by molar-refractivity contribution is 0.187. The van der Waals surface area contributed by atoms with E-state index in [-0.39, 0.29) is 5.69 Å². The maximum atomic E-state index is 12.0. The fourth-order valence-corrected chi connectivity index (χ4v) is 3.88. The second kappa shape index (κ2) is 8.28. The van der Waals surface area contributed by atoms with Gasteiger partial charge in [-0.2, -0.15) is 0 Å². The van der Waals surface area contributed by atoms with E-state index in [0.717, 1.165) is 43.0 Å². The number of hydrogen-bond donors (Lipinski definition) is 1. The van der Waals surface area contributed by atoms with E-state index in [0.29, 0.717) is 0 Å². The Labute approximate surface area is 159 Å². The van der Waals surface area contributed by atoms with Crippen molar-refractivity contribution < 1.29 is 0 Å². The topological polar surface area (TPSA) is 41.0 Å². The van der Waals surface area contributed by atoms with Crippen molar-refractivity contribution in [2.75, 3.05) is 19.6 Å². The van der Waals surface area contributed by atoms with E-state index >= 15 is 0 Å². The van der Waals surface area contributed by atoms with Crippen molar-refractivity contribution >= 4 is 11.0 Å². The number of aromatic amines is 1. The number of likely N-dealkylation sites (tertiary alicyclic amines) is 1. The monoisotopic (exact) mass is 359 g/mol. The van der Waals surface area contributed by atoms with Crippen molar-refractivity contribution in [1.82, 2.24) is 14.5 Å². The summed E-state index contributed by atoms with van der Waals surface area (Å²) < 4.78 is 1.52. The third-order valence-corrected chi connectivity index (χ3v) is 5.41. The molecular weight excluding hydrogens is 334 g/mol. The van der Waals surface area contributed by atoms with Crippen LogP contribution in [0.2, 0.25) is 0 Å². The molecule has 1 aromatic heterocycles. The first-order chi connectivity index (χ1) is 13.3. The van der Waals surface area contributed by atoms with Gasteiger partial charge in [0.05, 0.1) is 11.0 Å². The minimum atomic E-state index is -0.162. The van der Waals surface area contributed by atoms with Gasteiger partial charge in [-0.3, -0.25) is 0 Å². The first-order valence-electron chi connectivity index (χ1n) is 9.74. The van der Waals surface area contributed by atoms with Crippen molar-refractivity contribution in [2.24, 2.45) is 5.92 Å². The molecule has 0 bridgehead atoms. The summed E-state index contributed by atoms with van der Waals surface area (Å²) in [7, 11) is 0. The van der Waals surface area contributed by atoms with E-state index in [1.54, 1.807) is 0 Å². The van der Waals surface area contributed by atoms with Gasteiger partial charge in [0.1, 0.15) is 0 Å². The van der Waals surface area contributed by atoms with Crippen LogP contribution in [-0.4, -0.2) is 34.1 Å². The SMILES string of the molecule is O=c1[nH]c2ccccc2n1C#CCCN1CCC(Cc2ccccc2)CC1. The Balaban J connectivity index is 1.27. The van der Waals surface area contributed by atoms with Gasteiger partial charge in [-0.15, -0.1) is 0 Å². The lowest BCUT2D eigenvalue weighted by Gasteiger charge is -2.31. The minimum absolute atomic E-state index is 0.162. The van der Waals surface area contributed by atoms with Crippen LogP contribution in [0.1, 0.15) is 24.8 Å². The van der Waals surface area contributed by atoms with Crippen molar-refractivity contribution in [3.63, 3.8) is 0 Å². The molecule has 4 rings (SSSR count). The van der Waals surface area contributed by atoms with E-state index in [9.17, 15) is 4.79 Å².